The van der Waals surface area contributed by atoms with Crippen molar-refractivity contribution in [1.29, 1.82) is 0 Å². The Hall–Kier alpha value is -0.930. The second-order valence-corrected chi connectivity index (χ2v) is 6.62. The van der Waals surface area contributed by atoms with E-state index in [0.717, 1.165) is 24.5 Å². The van der Waals surface area contributed by atoms with Gasteiger partial charge in [-0.25, -0.2) is 0 Å². The SMILES string of the molecule is CC1(C)CN(c2ccc(Cl)cc2N)CC(C)(C)O1. The van der Waals surface area contributed by atoms with Crippen LogP contribution in [0.4, 0.5) is 11.4 Å². The summed E-state index contributed by atoms with van der Waals surface area (Å²) >= 11 is 5.94. The largest absolute Gasteiger partial charge is 0.397 e. The lowest BCUT2D eigenvalue weighted by Crippen LogP contribution is -2.57. The van der Waals surface area contributed by atoms with Crippen LogP contribution < -0.4 is 10.6 Å². The van der Waals surface area contributed by atoms with Gasteiger partial charge in [0.05, 0.1) is 22.6 Å². The highest BCUT2D eigenvalue weighted by Crippen LogP contribution is 2.34. The number of nitrogens with two attached hydrogens (primary N) is 1. The Bertz CT molecular complexity index is 441. The van der Waals surface area contributed by atoms with Crippen molar-refractivity contribution in [2.75, 3.05) is 23.7 Å². The molecular formula is C14H21ClN2O. The Morgan fingerprint density at radius 3 is 2.22 bits per heavy atom. The topological polar surface area (TPSA) is 38.5 Å². The van der Waals surface area contributed by atoms with Crippen LogP contribution in [0.15, 0.2) is 18.2 Å². The third-order valence-corrected chi connectivity index (χ3v) is 3.26. The molecule has 0 aromatic heterocycles. The molecule has 0 radical (unpaired) electrons. The monoisotopic (exact) mass is 268 g/mol. The highest BCUT2D eigenvalue weighted by Gasteiger charge is 2.38. The van der Waals surface area contributed by atoms with Crippen LogP contribution in [0.1, 0.15) is 27.7 Å². The van der Waals surface area contributed by atoms with E-state index in [1.807, 2.05) is 12.1 Å². The van der Waals surface area contributed by atoms with E-state index < -0.39 is 0 Å². The van der Waals surface area contributed by atoms with Crippen LogP contribution in [0.3, 0.4) is 0 Å². The molecule has 2 rings (SSSR count). The van der Waals surface area contributed by atoms with Gasteiger partial charge < -0.3 is 15.4 Å². The van der Waals surface area contributed by atoms with Gasteiger partial charge in [-0.15, -0.1) is 0 Å². The van der Waals surface area contributed by atoms with E-state index in [2.05, 4.69) is 32.6 Å². The predicted octanol–water partition coefficient (Wildman–Crippen LogP) is 3.32. The molecule has 0 bridgehead atoms. The second kappa shape index (κ2) is 4.32. The van der Waals surface area contributed by atoms with E-state index in [-0.39, 0.29) is 11.2 Å². The molecule has 0 aliphatic carbocycles. The van der Waals surface area contributed by atoms with Crippen molar-refractivity contribution in [3.8, 4) is 0 Å². The fraction of sp³-hybridized carbons (Fsp3) is 0.571. The third-order valence-electron chi connectivity index (χ3n) is 3.03. The molecule has 0 amide bonds. The summed E-state index contributed by atoms with van der Waals surface area (Å²) in [6.07, 6.45) is 0. The molecule has 0 atom stereocenters. The number of anilines is 2. The Labute approximate surface area is 114 Å². The Morgan fingerprint density at radius 1 is 1.17 bits per heavy atom. The highest BCUT2D eigenvalue weighted by atomic mass is 35.5. The number of rotatable bonds is 1. The standard InChI is InChI=1S/C14H21ClN2O/c1-13(2)8-17(9-14(3,4)18-13)12-6-5-10(15)7-11(12)16/h5-7H,8-9,16H2,1-4H3. The summed E-state index contributed by atoms with van der Waals surface area (Å²) in [6.45, 7) is 10.1. The number of benzene rings is 1. The molecule has 18 heavy (non-hydrogen) atoms. The molecule has 1 saturated heterocycles. The molecule has 3 nitrogen and oxygen atoms in total. The van der Waals surface area contributed by atoms with Crippen molar-refractivity contribution in [3.63, 3.8) is 0 Å². The van der Waals surface area contributed by atoms with E-state index >= 15 is 0 Å². The third kappa shape index (κ3) is 2.90. The fourth-order valence-electron chi connectivity index (χ4n) is 2.77. The smallest absolute Gasteiger partial charge is 0.0808 e. The van der Waals surface area contributed by atoms with E-state index in [9.17, 15) is 0 Å². The number of nitrogen functional groups attached to an aromatic ring is 1. The van der Waals surface area contributed by atoms with Crippen LogP contribution in [0.5, 0.6) is 0 Å². The molecule has 1 heterocycles. The number of nitrogens with zero attached hydrogens (tertiary/aromatic N) is 1. The van der Waals surface area contributed by atoms with Crippen molar-refractivity contribution in [3.05, 3.63) is 23.2 Å². The van der Waals surface area contributed by atoms with Gasteiger partial charge in [0.25, 0.3) is 0 Å². The number of morpholine rings is 1. The molecule has 1 aliphatic heterocycles. The van der Waals surface area contributed by atoms with Crippen LogP contribution >= 0.6 is 11.6 Å². The lowest BCUT2D eigenvalue weighted by atomic mass is 9.98. The van der Waals surface area contributed by atoms with Gasteiger partial charge in [-0.1, -0.05) is 11.6 Å². The highest BCUT2D eigenvalue weighted by molar-refractivity contribution is 6.31. The quantitative estimate of drug-likeness (QED) is 0.794. The van der Waals surface area contributed by atoms with Gasteiger partial charge in [-0.2, -0.15) is 0 Å². The van der Waals surface area contributed by atoms with Crippen LogP contribution in [0, 0.1) is 0 Å². The van der Waals surface area contributed by atoms with Crippen molar-refractivity contribution < 1.29 is 4.74 Å². The fourth-order valence-corrected chi connectivity index (χ4v) is 2.95. The van der Waals surface area contributed by atoms with Crippen molar-refractivity contribution >= 4 is 23.0 Å². The van der Waals surface area contributed by atoms with Gasteiger partial charge in [0.2, 0.25) is 0 Å². The molecule has 1 aliphatic rings. The minimum absolute atomic E-state index is 0.187. The van der Waals surface area contributed by atoms with E-state index in [1.54, 1.807) is 6.07 Å². The average Bonchev–Trinajstić information content (AvgIpc) is 2.11. The van der Waals surface area contributed by atoms with Gasteiger partial charge in [0.15, 0.2) is 0 Å². The zero-order valence-corrected chi connectivity index (χ0v) is 12.2. The minimum Gasteiger partial charge on any atom is -0.397 e. The molecule has 2 N–H and O–H groups in total. The number of hydrogen-bond donors (Lipinski definition) is 1. The molecule has 1 fully saturated rings. The van der Waals surface area contributed by atoms with E-state index in [4.69, 9.17) is 22.1 Å². The first-order valence-electron chi connectivity index (χ1n) is 6.19. The molecular weight excluding hydrogens is 248 g/mol. The minimum atomic E-state index is -0.187. The summed E-state index contributed by atoms with van der Waals surface area (Å²) in [5.74, 6) is 0. The zero-order chi connectivity index (χ0) is 13.6. The van der Waals surface area contributed by atoms with Crippen LogP contribution in [0.25, 0.3) is 0 Å². The lowest BCUT2D eigenvalue weighted by Gasteiger charge is -2.48. The maximum absolute atomic E-state index is 6.07. The summed E-state index contributed by atoms with van der Waals surface area (Å²) in [5.41, 5.74) is 7.44. The second-order valence-electron chi connectivity index (χ2n) is 6.18. The summed E-state index contributed by atoms with van der Waals surface area (Å²) in [5, 5.41) is 0.669. The first kappa shape index (κ1) is 13.5. The maximum Gasteiger partial charge on any atom is 0.0808 e. The average molecular weight is 269 g/mol. The Balaban J connectivity index is 2.32. The molecule has 100 valence electrons. The first-order valence-corrected chi connectivity index (χ1v) is 6.57. The summed E-state index contributed by atoms with van der Waals surface area (Å²) in [6, 6.07) is 5.66. The maximum atomic E-state index is 6.07. The van der Waals surface area contributed by atoms with Crippen molar-refractivity contribution in [2.45, 2.75) is 38.9 Å². The summed E-state index contributed by atoms with van der Waals surface area (Å²) in [7, 11) is 0. The van der Waals surface area contributed by atoms with Gasteiger partial charge in [-0.3, -0.25) is 0 Å². The van der Waals surface area contributed by atoms with Gasteiger partial charge in [0.1, 0.15) is 0 Å². The molecule has 0 unspecified atom stereocenters. The first-order chi connectivity index (χ1) is 8.19. The van der Waals surface area contributed by atoms with Crippen LogP contribution in [-0.2, 0) is 4.74 Å². The normalized spacial score (nSPS) is 21.9. The summed E-state index contributed by atoms with van der Waals surface area (Å²) in [4.78, 5) is 2.27. The Morgan fingerprint density at radius 2 is 1.72 bits per heavy atom. The number of hydrogen-bond acceptors (Lipinski definition) is 3. The molecule has 0 saturated carbocycles. The lowest BCUT2D eigenvalue weighted by molar-refractivity contribution is -0.133. The van der Waals surface area contributed by atoms with Crippen LogP contribution in [-0.4, -0.2) is 24.3 Å². The van der Waals surface area contributed by atoms with Gasteiger partial charge in [-0.05, 0) is 45.9 Å². The molecule has 0 spiro atoms. The Kier molecular flexibility index (Phi) is 3.24. The molecule has 1 aromatic carbocycles. The molecule has 4 heteroatoms. The number of halogens is 1. The van der Waals surface area contributed by atoms with Crippen LogP contribution in [0.2, 0.25) is 5.02 Å². The van der Waals surface area contributed by atoms with E-state index in [1.165, 1.54) is 0 Å². The van der Waals surface area contributed by atoms with Crippen molar-refractivity contribution in [2.24, 2.45) is 0 Å². The number of ether oxygens (including phenoxy) is 1. The van der Waals surface area contributed by atoms with Crippen molar-refractivity contribution in [1.82, 2.24) is 0 Å². The van der Waals surface area contributed by atoms with Gasteiger partial charge in [0, 0.05) is 18.1 Å². The molecule has 1 aromatic rings. The predicted molar refractivity (Wildman–Crippen MR) is 77.3 cm³/mol. The van der Waals surface area contributed by atoms with E-state index in [0.29, 0.717) is 5.02 Å². The summed E-state index contributed by atoms with van der Waals surface area (Å²) < 4.78 is 6.07. The van der Waals surface area contributed by atoms with Gasteiger partial charge >= 0.3 is 0 Å². The zero-order valence-electron chi connectivity index (χ0n) is 11.5.